The van der Waals surface area contributed by atoms with Crippen LogP contribution in [0.1, 0.15) is 37.7 Å². The molecular weight excluding hydrogens is 319 g/mol. The standard InChI is InChI=1S/C17H23ClN2O.ClH/c18-15-5-3-14(4-6-15)17(8-9-17)16(21)20-11-7-13-2-1-10-19-12-13;/h3-6,13,19H,1-2,7-12H2,(H,20,21);1H. The molecule has 1 aliphatic carbocycles. The van der Waals surface area contributed by atoms with Gasteiger partial charge in [0.2, 0.25) is 5.91 Å². The van der Waals surface area contributed by atoms with Crippen LogP contribution in [-0.4, -0.2) is 25.5 Å². The third kappa shape index (κ3) is 3.95. The Balaban J connectivity index is 0.00000176. The van der Waals surface area contributed by atoms with Gasteiger partial charge < -0.3 is 10.6 Å². The van der Waals surface area contributed by atoms with Crippen LogP contribution in [-0.2, 0) is 10.2 Å². The molecule has 2 aliphatic rings. The zero-order valence-corrected chi connectivity index (χ0v) is 14.3. The van der Waals surface area contributed by atoms with Crippen molar-refractivity contribution < 1.29 is 4.79 Å². The highest BCUT2D eigenvalue weighted by Gasteiger charge is 2.50. The molecule has 1 unspecified atom stereocenters. The lowest BCUT2D eigenvalue weighted by Gasteiger charge is -2.23. The fourth-order valence-electron chi connectivity index (χ4n) is 3.27. The minimum absolute atomic E-state index is 0. The lowest BCUT2D eigenvalue weighted by Crippen LogP contribution is -2.37. The van der Waals surface area contributed by atoms with Crippen LogP contribution in [0.5, 0.6) is 0 Å². The van der Waals surface area contributed by atoms with Crippen LogP contribution in [0.15, 0.2) is 24.3 Å². The summed E-state index contributed by atoms with van der Waals surface area (Å²) in [6, 6.07) is 7.72. The molecule has 122 valence electrons. The lowest BCUT2D eigenvalue weighted by molar-refractivity contribution is -0.123. The summed E-state index contributed by atoms with van der Waals surface area (Å²) in [6.45, 7) is 3.03. The molecule has 2 N–H and O–H groups in total. The molecule has 1 saturated carbocycles. The average molecular weight is 343 g/mol. The van der Waals surface area contributed by atoms with Crippen LogP contribution in [0.4, 0.5) is 0 Å². The summed E-state index contributed by atoms with van der Waals surface area (Å²) in [5.74, 6) is 0.901. The number of hydrogen-bond acceptors (Lipinski definition) is 2. The molecule has 22 heavy (non-hydrogen) atoms. The van der Waals surface area contributed by atoms with Gasteiger partial charge in [-0.15, -0.1) is 12.4 Å². The van der Waals surface area contributed by atoms with Crippen molar-refractivity contribution >= 4 is 29.9 Å². The Kier molecular flexibility index (Phi) is 6.13. The van der Waals surface area contributed by atoms with E-state index < -0.39 is 0 Å². The fourth-order valence-corrected chi connectivity index (χ4v) is 3.40. The number of amides is 1. The predicted molar refractivity (Wildman–Crippen MR) is 92.8 cm³/mol. The lowest BCUT2D eigenvalue weighted by atomic mass is 9.94. The number of nitrogens with one attached hydrogen (secondary N) is 2. The molecule has 2 fully saturated rings. The first-order chi connectivity index (χ1) is 10.2. The van der Waals surface area contributed by atoms with Gasteiger partial charge in [-0.2, -0.15) is 0 Å². The van der Waals surface area contributed by atoms with E-state index in [1.807, 2.05) is 24.3 Å². The van der Waals surface area contributed by atoms with Gasteiger partial charge in [0, 0.05) is 11.6 Å². The Morgan fingerprint density at radius 1 is 1.32 bits per heavy atom. The van der Waals surface area contributed by atoms with Crippen molar-refractivity contribution in [1.29, 1.82) is 0 Å². The van der Waals surface area contributed by atoms with E-state index in [-0.39, 0.29) is 23.7 Å². The molecule has 1 atom stereocenters. The highest BCUT2D eigenvalue weighted by atomic mass is 35.5. The molecule has 1 aromatic carbocycles. The minimum atomic E-state index is -0.282. The molecule has 5 heteroatoms. The topological polar surface area (TPSA) is 41.1 Å². The largest absolute Gasteiger partial charge is 0.355 e. The molecule has 3 nitrogen and oxygen atoms in total. The molecule has 1 amide bonds. The molecule has 0 aromatic heterocycles. The van der Waals surface area contributed by atoms with Crippen LogP contribution in [0.2, 0.25) is 5.02 Å². The van der Waals surface area contributed by atoms with Crippen LogP contribution in [0.25, 0.3) is 0 Å². The summed E-state index contributed by atoms with van der Waals surface area (Å²) in [6.07, 6.45) is 5.52. The maximum absolute atomic E-state index is 12.5. The van der Waals surface area contributed by atoms with E-state index in [1.54, 1.807) is 0 Å². The number of hydrogen-bond donors (Lipinski definition) is 2. The summed E-state index contributed by atoms with van der Waals surface area (Å²) in [4.78, 5) is 12.5. The SMILES string of the molecule is Cl.O=C(NCCC1CCCNC1)C1(c2ccc(Cl)cc2)CC1. The van der Waals surface area contributed by atoms with Gasteiger partial charge in [-0.3, -0.25) is 4.79 Å². The first-order valence-electron chi connectivity index (χ1n) is 7.96. The average Bonchev–Trinajstić information content (AvgIpc) is 3.31. The van der Waals surface area contributed by atoms with Crippen molar-refractivity contribution in [2.75, 3.05) is 19.6 Å². The number of halogens is 2. The van der Waals surface area contributed by atoms with Gasteiger partial charge >= 0.3 is 0 Å². The molecule has 0 radical (unpaired) electrons. The first kappa shape index (κ1) is 17.6. The molecule has 0 bridgehead atoms. The van der Waals surface area contributed by atoms with Gasteiger partial charge in [0.05, 0.1) is 5.41 Å². The Bertz CT molecular complexity index is 494. The Morgan fingerprint density at radius 2 is 2.05 bits per heavy atom. The summed E-state index contributed by atoms with van der Waals surface area (Å²) >= 11 is 5.92. The molecular formula is C17H24Cl2N2O. The maximum atomic E-state index is 12.5. The van der Waals surface area contributed by atoms with E-state index in [2.05, 4.69) is 10.6 Å². The second kappa shape index (κ2) is 7.67. The molecule has 1 heterocycles. The van der Waals surface area contributed by atoms with Crippen molar-refractivity contribution in [2.24, 2.45) is 5.92 Å². The molecule has 1 saturated heterocycles. The number of carbonyl (C=O) groups excluding carboxylic acids is 1. The second-order valence-corrected chi connectivity index (χ2v) is 6.78. The number of benzene rings is 1. The van der Waals surface area contributed by atoms with E-state index in [9.17, 15) is 4.79 Å². The third-order valence-corrected chi connectivity index (χ3v) is 5.07. The molecule has 3 rings (SSSR count). The monoisotopic (exact) mass is 342 g/mol. The van der Waals surface area contributed by atoms with Gasteiger partial charge in [-0.25, -0.2) is 0 Å². The van der Waals surface area contributed by atoms with Crippen LogP contribution in [0, 0.1) is 5.92 Å². The van der Waals surface area contributed by atoms with Gasteiger partial charge in [0.25, 0.3) is 0 Å². The van der Waals surface area contributed by atoms with Crippen molar-refractivity contribution in [2.45, 2.75) is 37.5 Å². The zero-order valence-electron chi connectivity index (χ0n) is 12.7. The molecule has 0 spiro atoms. The summed E-state index contributed by atoms with van der Waals surface area (Å²) in [5.41, 5.74) is 0.818. The highest BCUT2D eigenvalue weighted by Crippen LogP contribution is 2.48. The second-order valence-electron chi connectivity index (χ2n) is 6.35. The molecule has 1 aliphatic heterocycles. The van der Waals surface area contributed by atoms with E-state index in [0.717, 1.165) is 49.5 Å². The minimum Gasteiger partial charge on any atom is -0.355 e. The van der Waals surface area contributed by atoms with E-state index in [0.29, 0.717) is 5.92 Å². The Morgan fingerprint density at radius 3 is 2.64 bits per heavy atom. The van der Waals surface area contributed by atoms with Gasteiger partial charge in [0.1, 0.15) is 0 Å². The fraction of sp³-hybridized carbons (Fsp3) is 0.588. The first-order valence-corrected chi connectivity index (χ1v) is 8.33. The zero-order chi connectivity index (χ0) is 14.7. The molecule has 1 aromatic rings. The van der Waals surface area contributed by atoms with Gasteiger partial charge in [-0.1, -0.05) is 23.7 Å². The van der Waals surface area contributed by atoms with Crippen molar-refractivity contribution in [3.8, 4) is 0 Å². The summed E-state index contributed by atoms with van der Waals surface area (Å²) in [5, 5.41) is 7.29. The summed E-state index contributed by atoms with van der Waals surface area (Å²) < 4.78 is 0. The Hall–Kier alpha value is -0.770. The van der Waals surface area contributed by atoms with Crippen LogP contribution < -0.4 is 10.6 Å². The number of piperidine rings is 1. The smallest absolute Gasteiger partial charge is 0.230 e. The maximum Gasteiger partial charge on any atom is 0.230 e. The number of rotatable bonds is 5. The quantitative estimate of drug-likeness (QED) is 0.861. The van der Waals surface area contributed by atoms with E-state index in [1.165, 1.54) is 12.8 Å². The van der Waals surface area contributed by atoms with Crippen LogP contribution in [0.3, 0.4) is 0 Å². The van der Waals surface area contributed by atoms with Gasteiger partial charge in [0.15, 0.2) is 0 Å². The predicted octanol–water partition coefficient (Wildman–Crippen LogP) is 3.30. The van der Waals surface area contributed by atoms with Crippen molar-refractivity contribution in [3.05, 3.63) is 34.9 Å². The highest BCUT2D eigenvalue weighted by molar-refractivity contribution is 6.30. The Labute approximate surface area is 143 Å². The van der Waals surface area contributed by atoms with Crippen molar-refractivity contribution in [1.82, 2.24) is 10.6 Å². The number of carbonyl (C=O) groups is 1. The van der Waals surface area contributed by atoms with Crippen LogP contribution >= 0.6 is 24.0 Å². The summed E-state index contributed by atoms with van der Waals surface area (Å²) in [7, 11) is 0. The van der Waals surface area contributed by atoms with E-state index >= 15 is 0 Å². The van der Waals surface area contributed by atoms with Crippen molar-refractivity contribution in [3.63, 3.8) is 0 Å². The third-order valence-electron chi connectivity index (χ3n) is 4.82. The van der Waals surface area contributed by atoms with Gasteiger partial charge in [-0.05, 0) is 68.8 Å². The van der Waals surface area contributed by atoms with E-state index in [4.69, 9.17) is 11.6 Å². The normalized spacial score (nSPS) is 22.5.